The number of fused-ring (bicyclic) bond motifs is 1. The van der Waals surface area contributed by atoms with Crippen molar-refractivity contribution in [3.63, 3.8) is 0 Å². The highest BCUT2D eigenvalue weighted by molar-refractivity contribution is 6.42. The van der Waals surface area contributed by atoms with Gasteiger partial charge in [0, 0.05) is 19.7 Å². The predicted octanol–water partition coefficient (Wildman–Crippen LogP) is 3.96. The lowest BCUT2D eigenvalue weighted by molar-refractivity contribution is -0.131. The normalized spacial score (nSPS) is 23.7. The van der Waals surface area contributed by atoms with Gasteiger partial charge in [0.15, 0.2) is 0 Å². The van der Waals surface area contributed by atoms with E-state index in [1.807, 2.05) is 36.2 Å². The molecule has 0 saturated carbocycles. The van der Waals surface area contributed by atoms with E-state index in [0.717, 1.165) is 37.8 Å². The number of likely N-dealkylation sites (N-methyl/N-ethyl adjacent to an activating group) is 1. The monoisotopic (exact) mass is 350 g/mol. The van der Waals surface area contributed by atoms with E-state index in [0.29, 0.717) is 10.0 Å². The lowest BCUT2D eigenvalue weighted by atomic mass is 9.83. The molecule has 0 spiro atoms. The number of halogens is 2. The maximum atomic E-state index is 12.1. The van der Waals surface area contributed by atoms with Crippen molar-refractivity contribution >= 4 is 29.1 Å². The van der Waals surface area contributed by atoms with Crippen molar-refractivity contribution in [3.8, 4) is 0 Å². The van der Waals surface area contributed by atoms with Crippen LogP contribution in [-0.4, -0.2) is 30.1 Å². The maximum Gasteiger partial charge on any atom is 0.248 e. The summed E-state index contributed by atoms with van der Waals surface area (Å²) in [7, 11) is 1.87. The number of nitrogens with zero attached hydrogens (tertiary/aromatic N) is 1. The Hall–Kier alpha value is -1.29. The van der Waals surface area contributed by atoms with E-state index in [4.69, 9.17) is 23.2 Å². The number of hydrogen-bond donors (Lipinski definition) is 1. The fraction of sp³-hybridized carbons (Fsp3) is 0.389. The van der Waals surface area contributed by atoms with Crippen LogP contribution in [0, 0.1) is 0 Å². The molecule has 1 atom stereocenters. The van der Waals surface area contributed by atoms with Gasteiger partial charge in [-0.3, -0.25) is 10.1 Å². The molecule has 1 aliphatic carbocycles. The Labute approximate surface area is 146 Å². The highest BCUT2D eigenvalue weighted by Gasteiger charge is 2.42. The number of rotatable bonds is 4. The quantitative estimate of drug-likeness (QED) is 0.891. The van der Waals surface area contributed by atoms with Crippen LogP contribution in [0.3, 0.4) is 0 Å². The molecule has 0 radical (unpaired) electrons. The van der Waals surface area contributed by atoms with Gasteiger partial charge < -0.3 is 4.90 Å². The van der Waals surface area contributed by atoms with Crippen LogP contribution in [0.15, 0.2) is 42.0 Å². The number of hydrogen-bond acceptors (Lipinski definition) is 2. The molecule has 0 fully saturated rings. The SMILES string of the molecule is CN1C(=O)C=CC2=CCCCC21NCCc1ccc(Cl)c(Cl)c1. The molecule has 1 aromatic carbocycles. The van der Waals surface area contributed by atoms with E-state index in [-0.39, 0.29) is 11.6 Å². The highest BCUT2D eigenvalue weighted by atomic mass is 35.5. The summed E-state index contributed by atoms with van der Waals surface area (Å²) in [5.41, 5.74) is 1.95. The second-order valence-electron chi connectivity index (χ2n) is 6.07. The molecule has 5 heteroatoms. The summed E-state index contributed by atoms with van der Waals surface area (Å²) in [5, 5.41) is 4.76. The van der Waals surface area contributed by atoms with Gasteiger partial charge in [-0.2, -0.15) is 0 Å². The van der Waals surface area contributed by atoms with Crippen LogP contribution >= 0.6 is 23.2 Å². The molecule has 23 heavy (non-hydrogen) atoms. The molecule has 0 bridgehead atoms. The Bertz CT molecular complexity index is 684. The molecule has 1 aromatic rings. The predicted molar refractivity (Wildman–Crippen MR) is 94.7 cm³/mol. The van der Waals surface area contributed by atoms with Crippen molar-refractivity contribution in [1.82, 2.24) is 10.2 Å². The topological polar surface area (TPSA) is 32.3 Å². The number of nitrogens with one attached hydrogen (secondary N) is 1. The summed E-state index contributed by atoms with van der Waals surface area (Å²) in [6, 6.07) is 5.71. The largest absolute Gasteiger partial charge is 0.320 e. The van der Waals surface area contributed by atoms with Gasteiger partial charge in [-0.25, -0.2) is 0 Å². The first kappa shape index (κ1) is 16.6. The molecule has 1 unspecified atom stereocenters. The molecule has 1 N–H and O–H groups in total. The zero-order valence-corrected chi connectivity index (χ0v) is 14.6. The number of allylic oxidation sites excluding steroid dienone is 1. The Morgan fingerprint density at radius 3 is 2.87 bits per heavy atom. The summed E-state index contributed by atoms with van der Waals surface area (Å²) in [4.78, 5) is 13.9. The summed E-state index contributed by atoms with van der Waals surface area (Å²) < 4.78 is 0. The smallest absolute Gasteiger partial charge is 0.248 e. The molecule has 2 aliphatic rings. The minimum atomic E-state index is -0.375. The molecular weight excluding hydrogens is 331 g/mol. The number of carbonyl (C=O) groups excluding carboxylic acids is 1. The van der Waals surface area contributed by atoms with Crippen LogP contribution in [-0.2, 0) is 11.2 Å². The van der Waals surface area contributed by atoms with Crippen LogP contribution in [0.4, 0.5) is 0 Å². The molecular formula is C18H20Cl2N2O. The molecule has 3 rings (SSSR count). The zero-order valence-electron chi connectivity index (χ0n) is 13.1. The summed E-state index contributed by atoms with van der Waals surface area (Å²) >= 11 is 12.0. The van der Waals surface area contributed by atoms with Gasteiger partial charge >= 0.3 is 0 Å². The first-order valence-corrected chi connectivity index (χ1v) is 8.64. The van der Waals surface area contributed by atoms with Gasteiger partial charge in [0.25, 0.3) is 0 Å². The van der Waals surface area contributed by atoms with Crippen molar-refractivity contribution in [2.24, 2.45) is 0 Å². The molecule has 1 heterocycles. The lowest BCUT2D eigenvalue weighted by Gasteiger charge is -2.47. The van der Waals surface area contributed by atoms with Gasteiger partial charge in [0.1, 0.15) is 5.66 Å². The first-order chi connectivity index (χ1) is 11.0. The van der Waals surface area contributed by atoms with Crippen LogP contribution in [0.1, 0.15) is 24.8 Å². The summed E-state index contributed by atoms with van der Waals surface area (Å²) in [6.45, 7) is 0.765. The molecule has 1 amide bonds. The van der Waals surface area contributed by atoms with Gasteiger partial charge in [-0.15, -0.1) is 0 Å². The third kappa shape index (κ3) is 3.18. The fourth-order valence-electron chi connectivity index (χ4n) is 3.37. The van der Waals surface area contributed by atoms with Gasteiger partial charge in [0.2, 0.25) is 5.91 Å². The Kier molecular flexibility index (Phi) is 4.81. The number of amides is 1. The third-order valence-electron chi connectivity index (χ3n) is 4.71. The van der Waals surface area contributed by atoms with Crippen molar-refractivity contribution in [1.29, 1.82) is 0 Å². The Morgan fingerprint density at radius 2 is 2.09 bits per heavy atom. The Morgan fingerprint density at radius 1 is 1.26 bits per heavy atom. The van der Waals surface area contributed by atoms with E-state index in [2.05, 4.69) is 11.4 Å². The van der Waals surface area contributed by atoms with Crippen LogP contribution in [0.25, 0.3) is 0 Å². The minimum Gasteiger partial charge on any atom is -0.320 e. The lowest BCUT2D eigenvalue weighted by Crippen LogP contribution is -2.62. The number of carbonyl (C=O) groups is 1. The minimum absolute atomic E-state index is 0.0473. The van der Waals surface area contributed by atoms with Crippen molar-refractivity contribution < 1.29 is 4.79 Å². The average Bonchev–Trinajstić information content (AvgIpc) is 2.55. The molecule has 0 saturated heterocycles. The van der Waals surface area contributed by atoms with Crippen LogP contribution < -0.4 is 5.32 Å². The molecule has 0 aromatic heterocycles. The molecule has 3 nitrogen and oxygen atoms in total. The second-order valence-corrected chi connectivity index (χ2v) is 6.88. The standard InChI is InChI=1S/C18H20Cl2N2O/c1-22-17(23)8-6-14-4-2-3-10-18(14,22)21-11-9-13-5-7-15(19)16(20)12-13/h4-8,12,21H,2-3,9-11H2,1H3. The molecule has 1 aliphatic heterocycles. The fourth-order valence-corrected chi connectivity index (χ4v) is 3.70. The Balaban J connectivity index is 1.73. The van der Waals surface area contributed by atoms with E-state index in [1.165, 1.54) is 5.57 Å². The maximum absolute atomic E-state index is 12.1. The zero-order chi connectivity index (χ0) is 16.4. The van der Waals surface area contributed by atoms with Gasteiger partial charge in [-0.05, 0) is 49.0 Å². The summed E-state index contributed by atoms with van der Waals surface area (Å²) in [5.74, 6) is 0.0473. The van der Waals surface area contributed by atoms with E-state index in [9.17, 15) is 4.79 Å². The van der Waals surface area contributed by atoms with Gasteiger partial charge in [0.05, 0.1) is 10.0 Å². The highest BCUT2D eigenvalue weighted by Crippen LogP contribution is 2.35. The van der Waals surface area contributed by atoms with Crippen LogP contribution in [0.5, 0.6) is 0 Å². The molecule has 122 valence electrons. The van der Waals surface area contributed by atoms with Crippen LogP contribution in [0.2, 0.25) is 10.0 Å². The van der Waals surface area contributed by atoms with Crippen molar-refractivity contribution in [2.45, 2.75) is 31.3 Å². The van der Waals surface area contributed by atoms with E-state index in [1.54, 1.807) is 6.08 Å². The van der Waals surface area contributed by atoms with E-state index < -0.39 is 0 Å². The second kappa shape index (κ2) is 6.68. The van der Waals surface area contributed by atoms with E-state index >= 15 is 0 Å². The average molecular weight is 351 g/mol. The van der Waals surface area contributed by atoms with Gasteiger partial charge in [-0.1, -0.05) is 41.4 Å². The summed E-state index contributed by atoms with van der Waals surface area (Å²) in [6.07, 6.45) is 9.75. The third-order valence-corrected chi connectivity index (χ3v) is 5.45. The number of benzene rings is 1. The van der Waals surface area contributed by atoms with Crippen molar-refractivity contribution in [3.05, 3.63) is 57.6 Å². The van der Waals surface area contributed by atoms with Crippen molar-refractivity contribution in [2.75, 3.05) is 13.6 Å². The first-order valence-electron chi connectivity index (χ1n) is 7.88.